The SMILES string of the molecule is CCC(C)(NC(=O)OC)C(=O)OC(C)(C)C. The number of alkyl carbamates (subject to hydrolysis) is 1. The van der Waals surface area contributed by atoms with Crippen LogP contribution in [0.1, 0.15) is 41.0 Å². The lowest BCUT2D eigenvalue weighted by molar-refractivity contribution is -0.162. The average Bonchev–Trinajstić information content (AvgIpc) is 2.14. The molecular weight excluding hydrogens is 210 g/mol. The molecule has 16 heavy (non-hydrogen) atoms. The zero-order chi connectivity index (χ0) is 13.0. The second-order valence-electron chi connectivity index (χ2n) is 4.80. The Morgan fingerprint density at radius 3 is 2.00 bits per heavy atom. The molecule has 0 aromatic carbocycles. The van der Waals surface area contributed by atoms with E-state index in [1.807, 2.05) is 0 Å². The molecule has 0 radical (unpaired) electrons. The maximum absolute atomic E-state index is 11.9. The van der Waals surface area contributed by atoms with Gasteiger partial charge >= 0.3 is 12.1 Å². The Balaban J connectivity index is 4.69. The van der Waals surface area contributed by atoms with E-state index in [9.17, 15) is 9.59 Å². The van der Waals surface area contributed by atoms with Crippen LogP contribution in [0.4, 0.5) is 4.79 Å². The van der Waals surface area contributed by atoms with Crippen molar-refractivity contribution in [3.8, 4) is 0 Å². The Morgan fingerprint density at radius 2 is 1.69 bits per heavy atom. The average molecular weight is 231 g/mol. The van der Waals surface area contributed by atoms with Gasteiger partial charge in [0.15, 0.2) is 0 Å². The van der Waals surface area contributed by atoms with Crippen LogP contribution in [-0.2, 0) is 14.3 Å². The van der Waals surface area contributed by atoms with Gasteiger partial charge in [0.25, 0.3) is 0 Å². The standard InChI is InChI=1S/C11H21NO4/c1-7-11(5,12-9(14)15-6)8(13)16-10(2,3)4/h7H2,1-6H3,(H,12,14). The minimum atomic E-state index is -1.06. The number of hydrogen-bond acceptors (Lipinski definition) is 4. The van der Waals surface area contributed by atoms with Crippen molar-refractivity contribution in [1.82, 2.24) is 5.32 Å². The van der Waals surface area contributed by atoms with Gasteiger partial charge in [-0.1, -0.05) is 6.92 Å². The predicted molar refractivity (Wildman–Crippen MR) is 60.1 cm³/mol. The normalized spacial score (nSPS) is 14.9. The molecule has 0 aliphatic rings. The molecule has 1 atom stereocenters. The van der Waals surface area contributed by atoms with E-state index in [2.05, 4.69) is 10.1 Å². The zero-order valence-corrected chi connectivity index (χ0v) is 10.8. The number of carbonyl (C=O) groups is 2. The molecule has 1 amide bonds. The molecule has 94 valence electrons. The van der Waals surface area contributed by atoms with Gasteiger partial charge in [0.05, 0.1) is 7.11 Å². The number of ether oxygens (including phenoxy) is 2. The number of rotatable bonds is 3. The third-order valence-corrected chi connectivity index (χ3v) is 2.12. The third kappa shape index (κ3) is 4.51. The summed E-state index contributed by atoms with van der Waals surface area (Å²) in [6.07, 6.45) is -0.216. The highest BCUT2D eigenvalue weighted by Crippen LogP contribution is 2.17. The monoisotopic (exact) mass is 231 g/mol. The molecule has 0 heterocycles. The summed E-state index contributed by atoms with van der Waals surface area (Å²) in [5, 5.41) is 2.48. The first kappa shape index (κ1) is 14.7. The predicted octanol–water partition coefficient (Wildman–Crippen LogP) is 1.85. The number of amides is 1. The first-order valence-electron chi connectivity index (χ1n) is 5.24. The van der Waals surface area contributed by atoms with Gasteiger partial charge in [-0.25, -0.2) is 9.59 Å². The molecule has 0 bridgehead atoms. The number of methoxy groups -OCH3 is 1. The van der Waals surface area contributed by atoms with E-state index < -0.39 is 23.2 Å². The van der Waals surface area contributed by atoms with Gasteiger partial charge in [-0.15, -0.1) is 0 Å². The Kier molecular flexibility index (Phi) is 4.78. The fourth-order valence-electron chi connectivity index (χ4n) is 0.951. The molecule has 0 saturated heterocycles. The van der Waals surface area contributed by atoms with Crippen LogP contribution in [0.2, 0.25) is 0 Å². The fraction of sp³-hybridized carbons (Fsp3) is 0.818. The van der Waals surface area contributed by atoms with Gasteiger partial charge < -0.3 is 14.8 Å². The lowest BCUT2D eigenvalue weighted by Gasteiger charge is -2.30. The lowest BCUT2D eigenvalue weighted by Crippen LogP contribution is -2.54. The van der Waals surface area contributed by atoms with Crippen molar-refractivity contribution in [2.75, 3.05) is 7.11 Å². The molecule has 0 spiro atoms. The minimum Gasteiger partial charge on any atom is -0.458 e. The molecule has 0 aromatic heterocycles. The van der Waals surface area contributed by atoms with Crippen LogP contribution in [0.25, 0.3) is 0 Å². The largest absolute Gasteiger partial charge is 0.458 e. The molecule has 0 fully saturated rings. The Labute approximate surface area is 96.5 Å². The van der Waals surface area contributed by atoms with Crippen LogP contribution in [0.5, 0.6) is 0 Å². The summed E-state index contributed by atoms with van der Waals surface area (Å²) in [4.78, 5) is 23.0. The van der Waals surface area contributed by atoms with Gasteiger partial charge in [-0.05, 0) is 34.1 Å². The lowest BCUT2D eigenvalue weighted by atomic mass is 9.99. The molecule has 5 nitrogen and oxygen atoms in total. The van der Waals surface area contributed by atoms with Crippen molar-refractivity contribution >= 4 is 12.1 Å². The fourth-order valence-corrected chi connectivity index (χ4v) is 0.951. The summed E-state index contributed by atoms with van der Waals surface area (Å²) in [7, 11) is 1.25. The Hall–Kier alpha value is -1.26. The highest BCUT2D eigenvalue weighted by Gasteiger charge is 2.37. The first-order valence-corrected chi connectivity index (χ1v) is 5.24. The van der Waals surface area contributed by atoms with Crippen LogP contribution < -0.4 is 5.32 Å². The molecular formula is C11H21NO4. The quantitative estimate of drug-likeness (QED) is 0.753. The van der Waals surface area contributed by atoms with Crippen molar-refractivity contribution in [1.29, 1.82) is 0 Å². The molecule has 0 saturated carbocycles. The van der Waals surface area contributed by atoms with E-state index in [1.54, 1.807) is 34.6 Å². The number of hydrogen-bond donors (Lipinski definition) is 1. The van der Waals surface area contributed by atoms with Crippen molar-refractivity contribution in [3.63, 3.8) is 0 Å². The highest BCUT2D eigenvalue weighted by molar-refractivity contribution is 5.85. The first-order chi connectivity index (χ1) is 7.14. The molecule has 0 aliphatic heterocycles. The number of carbonyl (C=O) groups excluding carboxylic acids is 2. The van der Waals surface area contributed by atoms with E-state index in [-0.39, 0.29) is 0 Å². The van der Waals surface area contributed by atoms with Gasteiger partial charge in [0.2, 0.25) is 0 Å². The summed E-state index contributed by atoms with van der Waals surface area (Å²) >= 11 is 0. The van der Waals surface area contributed by atoms with Crippen LogP contribution in [0.15, 0.2) is 0 Å². The topological polar surface area (TPSA) is 64.6 Å². The van der Waals surface area contributed by atoms with E-state index in [4.69, 9.17) is 4.74 Å². The van der Waals surface area contributed by atoms with Crippen LogP contribution in [0, 0.1) is 0 Å². The molecule has 1 unspecified atom stereocenters. The maximum Gasteiger partial charge on any atom is 0.407 e. The zero-order valence-electron chi connectivity index (χ0n) is 10.8. The van der Waals surface area contributed by atoms with E-state index in [0.717, 1.165) is 0 Å². The van der Waals surface area contributed by atoms with Crippen LogP contribution >= 0.6 is 0 Å². The summed E-state index contributed by atoms with van der Waals surface area (Å²) in [5.41, 5.74) is -1.63. The summed E-state index contributed by atoms with van der Waals surface area (Å²) < 4.78 is 9.70. The van der Waals surface area contributed by atoms with Crippen molar-refractivity contribution in [3.05, 3.63) is 0 Å². The van der Waals surface area contributed by atoms with Crippen molar-refractivity contribution < 1.29 is 19.1 Å². The van der Waals surface area contributed by atoms with E-state index in [0.29, 0.717) is 6.42 Å². The Bertz CT molecular complexity index is 270. The van der Waals surface area contributed by atoms with Gasteiger partial charge in [-0.3, -0.25) is 0 Å². The van der Waals surface area contributed by atoms with Crippen molar-refractivity contribution in [2.45, 2.75) is 52.2 Å². The third-order valence-electron chi connectivity index (χ3n) is 2.12. The second-order valence-corrected chi connectivity index (χ2v) is 4.80. The van der Waals surface area contributed by atoms with Gasteiger partial charge in [-0.2, -0.15) is 0 Å². The summed E-state index contributed by atoms with van der Waals surface area (Å²) in [6, 6.07) is 0. The van der Waals surface area contributed by atoms with Crippen LogP contribution in [-0.4, -0.2) is 30.3 Å². The molecule has 1 N–H and O–H groups in total. The van der Waals surface area contributed by atoms with Gasteiger partial charge in [0, 0.05) is 0 Å². The molecule has 0 rings (SSSR count). The van der Waals surface area contributed by atoms with Crippen molar-refractivity contribution in [2.24, 2.45) is 0 Å². The second kappa shape index (κ2) is 5.18. The maximum atomic E-state index is 11.9. The molecule has 5 heteroatoms. The van der Waals surface area contributed by atoms with Gasteiger partial charge in [0.1, 0.15) is 11.1 Å². The molecule has 0 aromatic rings. The smallest absolute Gasteiger partial charge is 0.407 e. The summed E-state index contributed by atoms with van der Waals surface area (Å²) in [6.45, 7) is 8.73. The molecule has 0 aliphatic carbocycles. The summed E-state index contributed by atoms with van der Waals surface area (Å²) in [5.74, 6) is -0.465. The highest BCUT2D eigenvalue weighted by atomic mass is 16.6. The minimum absolute atomic E-state index is 0.428. The number of nitrogens with one attached hydrogen (secondary N) is 1. The van der Waals surface area contributed by atoms with Crippen LogP contribution in [0.3, 0.4) is 0 Å². The van der Waals surface area contributed by atoms with E-state index >= 15 is 0 Å². The Morgan fingerprint density at radius 1 is 1.19 bits per heavy atom. The van der Waals surface area contributed by atoms with E-state index in [1.165, 1.54) is 7.11 Å². The number of esters is 1.